The first-order valence-electron chi connectivity index (χ1n) is 9.59. The number of hydrogen-bond acceptors (Lipinski definition) is 10. The predicted octanol–water partition coefficient (Wildman–Crippen LogP) is -0.401. The van der Waals surface area contributed by atoms with E-state index in [1.165, 1.54) is 42.5 Å². The van der Waals surface area contributed by atoms with Gasteiger partial charge in [0.15, 0.2) is 24.3 Å². The fraction of sp³-hybridized carbons (Fsp3) is 0.381. The third-order valence-electron chi connectivity index (χ3n) is 5.37. The molecule has 7 atom stereocenters. The average Bonchev–Trinajstić information content (AvgIpc) is 2.76. The number of carbonyl (C=O) groups is 1. The van der Waals surface area contributed by atoms with Crippen molar-refractivity contribution in [3.63, 3.8) is 0 Å². The summed E-state index contributed by atoms with van der Waals surface area (Å²) in [5.41, 5.74) is 0.581. The number of aromatic hydroxyl groups is 2. The third kappa shape index (κ3) is 3.97. The second-order valence-electron chi connectivity index (χ2n) is 7.43. The van der Waals surface area contributed by atoms with Gasteiger partial charge in [-0.2, -0.15) is 0 Å². The van der Waals surface area contributed by atoms with E-state index in [-0.39, 0.29) is 22.8 Å². The Morgan fingerprint density at radius 2 is 1.58 bits per heavy atom. The van der Waals surface area contributed by atoms with Crippen LogP contribution in [-0.2, 0) is 9.47 Å². The molecule has 0 amide bonds. The van der Waals surface area contributed by atoms with Crippen LogP contribution in [-0.4, -0.2) is 79.8 Å². The number of aliphatic hydroxyl groups is 4. The second-order valence-corrected chi connectivity index (χ2v) is 7.43. The molecule has 10 nitrogen and oxygen atoms in total. The molecule has 6 N–H and O–H groups in total. The SMILES string of the molecule is O=C1c2ccc(O)cc2O[C@@H](c2ccc(O)cc2)[C@@H]1O[C@@H]1O[C@H](CO)[C@@H](O)[C@H](O)[C@H]1O. The van der Waals surface area contributed by atoms with Gasteiger partial charge in [0.05, 0.1) is 12.2 Å². The van der Waals surface area contributed by atoms with Crippen molar-refractivity contribution in [2.75, 3.05) is 6.61 Å². The molecule has 2 heterocycles. The average molecular weight is 434 g/mol. The molecule has 31 heavy (non-hydrogen) atoms. The number of carbonyl (C=O) groups excluding carboxylic acids is 1. The van der Waals surface area contributed by atoms with E-state index in [9.17, 15) is 35.4 Å². The normalized spacial score (nSPS) is 32.9. The standard InChI is InChI=1S/C21H22O10/c22-8-14-16(26)17(27)18(28)21(30-14)31-20-15(25)12-6-5-11(24)7-13(12)29-19(20)9-1-3-10(23)4-2-9/h1-7,14,16-24,26-28H,8H2/t14-,16-,17+,18-,19+,20-,21+/m1/s1. The van der Waals surface area contributed by atoms with Gasteiger partial charge >= 0.3 is 0 Å². The van der Waals surface area contributed by atoms with E-state index in [2.05, 4.69) is 0 Å². The summed E-state index contributed by atoms with van der Waals surface area (Å²) >= 11 is 0. The van der Waals surface area contributed by atoms with Crippen LogP contribution >= 0.6 is 0 Å². The molecule has 10 heteroatoms. The van der Waals surface area contributed by atoms with E-state index < -0.39 is 55.3 Å². The highest BCUT2D eigenvalue weighted by Gasteiger charge is 2.48. The lowest BCUT2D eigenvalue weighted by atomic mass is 9.92. The lowest BCUT2D eigenvalue weighted by Gasteiger charge is -2.42. The molecule has 166 valence electrons. The molecule has 0 spiro atoms. The van der Waals surface area contributed by atoms with Crippen molar-refractivity contribution in [3.8, 4) is 17.2 Å². The number of phenols is 2. The van der Waals surface area contributed by atoms with Gasteiger partial charge in [0, 0.05) is 6.07 Å². The number of rotatable bonds is 4. The number of phenolic OH excluding ortho intramolecular Hbond substituents is 2. The Labute approximate surface area is 176 Å². The fourth-order valence-electron chi connectivity index (χ4n) is 3.67. The van der Waals surface area contributed by atoms with Crippen LogP contribution in [0.15, 0.2) is 42.5 Å². The molecule has 2 aromatic rings. The summed E-state index contributed by atoms with van der Waals surface area (Å²) in [6.45, 7) is -0.649. The zero-order valence-electron chi connectivity index (χ0n) is 16.1. The summed E-state index contributed by atoms with van der Waals surface area (Å²) in [6.07, 6.45) is -10.1. The van der Waals surface area contributed by atoms with E-state index >= 15 is 0 Å². The van der Waals surface area contributed by atoms with Crippen LogP contribution in [0.5, 0.6) is 17.2 Å². The minimum Gasteiger partial charge on any atom is -0.508 e. The van der Waals surface area contributed by atoms with Gasteiger partial charge in [0.25, 0.3) is 0 Å². The van der Waals surface area contributed by atoms with E-state index in [1.807, 2.05) is 0 Å². The molecule has 2 aliphatic heterocycles. The zero-order chi connectivity index (χ0) is 22.3. The summed E-state index contributed by atoms with van der Waals surface area (Å²) in [5.74, 6) is -0.521. The summed E-state index contributed by atoms with van der Waals surface area (Å²) < 4.78 is 17.0. The van der Waals surface area contributed by atoms with Crippen LogP contribution in [0.4, 0.5) is 0 Å². The largest absolute Gasteiger partial charge is 0.508 e. The van der Waals surface area contributed by atoms with Gasteiger partial charge in [-0.25, -0.2) is 0 Å². The van der Waals surface area contributed by atoms with Crippen LogP contribution in [0, 0.1) is 0 Å². The molecule has 0 radical (unpaired) electrons. The van der Waals surface area contributed by atoms with Crippen molar-refractivity contribution in [2.24, 2.45) is 0 Å². The third-order valence-corrected chi connectivity index (χ3v) is 5.37. The van der Waals surface area contributed by atoms with Gasteiger partial charge < -0.3 is 44.8 Å². The van der Waals surface area contributed by atoms with Crippen LogP contribution < -0.4 is 4.74 Å². The Kier molecular flexibility index (Phi) is 5.84. The van der Waals surface area contributed by atoms with Gasteiger partial charge in [-0.3, -0.25) is 4.79 Å². The Morgan fingerprint density at radius 1 is 0.903 bits per heavy atom. The maximum Gasteiger partial charge on any atom is 0.199 e. The summed E-state index contributed by atoms with van der Waals surface area (Å²) in [6, 6.07) is 9.79. The number of benzene rings is 2. The number of fused-ring (bicyclic) bond motifs is 1. The minimum absolute atomic E-state index is 0.00432. The van der Waals surface area contributed by atoms with Crippen LogP contribution in [0.1, 0.15) is 22.0 Å². The molecule has 4 rings (SSSR count). The first-order chi connectivity index (χ1) is 14.8. The Morgan fingerprint density at radius 3 is 2.26 bits per heavy atom. The highest BCUT2D eigenvalue weighted by atomic mass is 16.7. The monoisotopic (exact) mass is 434 g/mol. The number of aliphatic hydroxyl groups excluding tert-OH is 4. The van der Waals surface area contributed by atoms with Crippen LogP contribution in [0.25, 0.3) is 0 Å². The topological polar surface area (TPSA) is 166 Å². The Bertz CT molecular complexity index is 944. The minimum atomic E-state index is -1.70. The quantitative estimate of drug-likeness (QED) is 0.373. The second kappa shape index (κ2) is 8.42. The van der Waals surface area contributed by atoms with Crippen LogP contribution in [0.3, 0.4) is 0 Å². The van der Waals surface area contributed by atoms with Crippen molar-refractivity contribution in [2.45, 2.75) is 42.9 Å². The van der Waals surface area contributed by atoms with Crippen molar-refractivity contribution in [1.82, 2.24) is 0 Å². The molecular weight excluding hydrogens is 412 g/mol. The van der Waals surface area contributed by atoms with Gasteiger partial charge in [-0.1, -0.05) is 12.1 Å². The van der Waals surface area contributed by atoms with Gasteiger partial charge in [0.2, 0.25) is 0 Å². The molecule has 0 bridgehead atoms. The summed E-state index contributed by atoms with van der Waals surface area (Å²) in [4.78, 5) is 13.2. The molecule has 0 aliphatic carbocycles. The molecular formula is C21H22O10. The van der Waals surface area contributed by atoms with Gasteiger partial charge in [0.1, 0.15) is 41.7 Å². The van der Waals surface area contributed by atoms with Gasteiger partial charge in [-0.15, -0.1) is 0 Å². The molecule has 2 aliphatic rings. The molecule has 1 fully saturated rings. The lowest BCUT2D eigenvalue weighted by molar-refractivity contribution is -0.311. The number of hydrogen-bond donors (Lipinski definition) is 6. The molecule has 0 saturated carbocycles. The Balaban J connectivity index is 1.69. The van der Waals surface area contributed by atoms with Gasteiger partial charge in [-0.05, 0) is 29.8 Å². The molecule has 1 saturated heterocycles. The van der Waals surface area contributed by atoms with E-state index in [0.29, 0.717) is 5.56 Å². The number of ketones is 1. The first-order valence-corrected chi connectivity index (χ1v) is 9.59. The summed E-state index contributed by atoms with van der Waals surface area (Å²) in [5, 5.41) is 59.0. The van der Waals surface area contributed by atoms with E-state index in [0.717, 1.165) is 0 Å². The lowest BCUT2D eigenvalue weighted by Crippen LogP contribution is -2.60. The zero-order valence-corrected chi connectivity index (χ0v) is 16.1. The highest BCUT2D eigenvalue weighted by Crippen LogP contribution is 2.40. The number of Topliss-reactive ketones (excluding diaryl/α,β-unsaturated/α-hetero) is 1. The molecule has 0 aromatic heterocycles. The van der Waals surface area contributed by atoms with Crippen LogP contribution in [0.2, 0.25) is 0 Å². The van der Waals surface area contributed by atoms with E-state index in [1.54, 1.807) is 0 Å². The first kappa shape index (κ1) is 21.5. The van der Waals surface area contributed by atoms with Crippen molar-refractivity contribution in [3.05, 3.63) is 53.6 Å². The number of ether oxygens (including phenoxy) is 3. The predicted molar refractivity (Wildman–Crippen MR) is 103 cm³/mol. The highest BCUT2D eigenvalue weighted by molar-refractivity contribution is 6.03. The fourth-order valence-corrected chi connectivity index (χ4v) is 3.67. The molecule has 2 aromatic carbocycles. The molecule has 0 unspecified atom stereocenters. The summed E-state index contributed by atoms with van der Waals surface area (Å²) in [7, 11) is 0. The maximum absolute atomic E-state index is 13.2. The smallest absolute Gasteiger partial charge is 0.199 e. The Hall–Kier alpha value is -2.73. The maximum atomic E-state index is 13.2. The van der Waals surface area contributed by atoms with Crippen molar-refractivity contribution >= 4 is 5.78 Å². The van der Waals surface area contributed by atoms with Crippen molar-refractivity contribution < 1.29 is 49.6 Å². The van der Waals surface area contributed by atoms with Crippen molar-refractivity contribution in [1.29, 1.82) is 0 Å². The van der Waals surface area contributed by atoms with E-state index in [4.69, 9.17) is 14.2 Å².